The Morgan fingerprint density at radius 3 is 2.76 bits per heavy atom. The molecule has 1 aromatic carbocycles. The molecule has 1 aliphatic rings. The highest BCUT2D eigenvalue weighted by molar-refractivity contribution is 6.02. The van der Waals surface area contributed by atoms with Gasteiger partial charge in [-0.3, -0.25) is 9.59 Å². The molecule has 0 spiro atoms. The molecule has 1 aliphatic heterocycles. The fraction of sp³-hybridized carbons (Fsp3) is 0.467. The third-order valence-electron chi connectivity index (χ3n) is 3.37. The largest absolute Gasteiger partial charge is 0.328 e. The average Bonchev–Trinajstić information content (AvgIpc) is 2.83. The van der Waals surface area contributed by atoms with Crippen molar-refractivity contribution in [3.63, 3.8) is 0 Å². The first-order valence-electron chi connectivity index (χ1n) is 7.03. The van der Waals surface area contributed by atoms with Crippen LogP contribution in [0.3, 0.4) is 0 Å². The first kappa shape index (κ1) is 17.5. The Morgan fingerprint density at radius 1 is 1.43 bits per heavy atom. The Hall–Kier alpha value is -1.59. The van der Waals surface area contributed by atoms with Gasteiger partial charge >= 0.3 is 0 Å². The van der Waals surface area contributed by atoms with Gasteiger partial charge in [0.05, 0.1) is 11.4 Å². The molecular formula is C15H22ClN3O2. The maximum atomic E-state index is 11.9. The van der Waals surface area contributed by atoms with Crippen molar-refractivity contribution >= 4 is 35.6 Å². The van der Waals surface area contributed by atoms with E-state index in [-0.39, 0.29) is 30.3 Å². The molecular weight excluding hydrogens is 290 g/mol. The van der Waals surface area contributed by atoms with Crippen LogP contribution < -0.4 is 16.0 Å². The van der Waals surface area contributed by atoms with Gasteiger partial charge in [0.2, 0.25) is 11.8 Å². The molecule has 0 aliphatic carbocycles. The Morgan fingerprint density at radius 2 is 2.14 bits per heavy atom. The highest BCUT2D eigenvalue weighted by atomic mass is 35.5. The minimum absolute atomic E-state index is 0. The number of nitrogens with zero attached hydrogens (tertiary/aromatic N) is 1. The molecule has 1 heterocycles. The summed E-state index contributed by atoms with van der Waals surface area (Å²) in [5.41, 5.74) is 7.12. The topological polar surface area (TPSA) is 75.4 Å². The van der Waals surface area contributed by atoms with E-state index >= 15 is 0 Å². The molecule has 5 nitrogen and oxygen atoms in total. The number of rotatable bonds is 5. The molecule has 1 fully saturated rings. The molecule has 3 N–H and O–H groups in total. The van der Waals surface area contributed by atoms with Gasteiger partial charge in [0.25, 0.3) is 0 Å². The molecule has 0 saturated carbocycles. The number of halogens is 1. The van der Waals surface area contributed by atoms with E-state index in [1.165, 1.54) is 0 Å². The Balaban J connectivity index is 0.00000220. The number of benzene rings is 1. The first-order chi connectivity index (χ1) is 9.58. The van der Waals surface area contributed by atoms with Crippen molar-refractivity contribution in [2.24, 2.45) is 5.73 Å². The summed E-state index contributed by atoms with van der Waals surface area (Å²) in [5, 5.41) is 2.87. The van der Waals surface area contributed by atoms with Crippen LogP contribution in [-0.4, -0.2) is 24.4 Å². The highest BCUT2D eigenvalue weighted by Crippen LogP contribution is 2.29. The monoisotopic (exact) mass is 311 g/mol. The molecule has 1 saturated heterocycles. The molecule has 2 amide bonds. The summed E-state index contributed by atoms with van der Waals surface area (Å²) in [4.78, 5) is 25.5. The van der Waals surface area contributed by atoms with Gasteiger partial charge in [-0.05, 0) is 31.9 Å². The summed E-state index contributed by atoms with van der Waals surface area (Å²) in [6.45, 7) is 2.59. The second-order valence-corrected chi connectivity index (χ2v) is 5.23. The number of anilines is 2. The van der Waals surface area contributed by atoms with Gasteiger partial charge in [0, 0.05) is 25.4 Å². The number of carbonyl (C=O) groups excluding carboxylic acids is 2. The van der Waals surface area contributed by atoms with Gasteiger partial charge in [-0.1, -0.05) is 12.1 Å². The summed E-state index contributed by atoms with van der Waals surface area (Å²) in [5.74, 6) is 0.0451. The van der Waals surface area contributed by atoms with Crippen molar-refractivity contribution in [1.29, 1.82) is 0 Å². The van der Waals surface area contributed by atoms with Crippen LogP contribution >= 0.6 is 12.4 Å². The molecule has 0 aromatic heterocycles. The number of carbonyl (C=O) groups is 2. The van der Waals surface area contributed by atoms with Gasteiger partial charge in [-0.2, -0.15) is 0 Å². The lowest BCUT2D eigenvalue weighted by atomic mass is 10.2. The smallest absolute Gasteiger partial charge is 0.227 e. The van der Waals surface area contributed by atoms with Gasteiger partial charge in [0.1, 0.15) is 0 Å². The van der Waals surface area contributed by atoms with E-state index in [4.69, 9.17) is 5.73 Å². The van der Waals surface area contributed by atoms with E-state index < -0.39 is 0 Å². The SMILES string of the molecule is CC(N)CCC(=O)Nc1ccccc1N1CCCC1=O.Cl. The molecule has 1 unspecified atom stereocenters. The molecule has 6 heteroatoms. The predicted molar refractivity (Wildman–Crippen MR) is 86.8 cm³/mol. The third-order valence-corrected chi connectivity index (χ3v) is 3.37. The molecule has 21 heavy (non-hydrogen) atoms. The number of hydrogen-bond acceptors (Lipinski definition) is 3. The maximum absolute atomic E-state index is 11.9. The minimum atomic E-state index is -0.0682. The van der Waals surface area contributed by atoms with Crippen molar-refractivity contribution in [2.45, 2.75) is 38.6 Å². The highest BCUT2D eigenvalue weighted by Gasteiger charge is 2.24. The van der Waals surface area contributed by atoms with Gasteiger partial charge < -0.3 is 16.0 Å². The molecule has 1 aromatic rings. The second-order valence-electron chi connectivity index (χ2n) is 5.23. The molecule has 116 valence electrons. The van der Waals surface area contributed by atoms with Crippen molar-refractivity contribution in [1.82, 2.24) is 0 Å². The van der Waals surface area contributed by atoms with Crippen molar-refractivity contribution in [3.05, 3.63) is 24.3 Å². The summed E-state index contributed by atoms with van der Waals surface area (Å²) in [7, 11) is 0. The number of hydrogen-bond donors (Lipinski definition) is 2. The number of nitrogens with one attached hydrogen (secondary N) is 1. The number of nitrogens with two attached hydrogens (primary N) is 1. The van der Waals surface area contributed by atoms with E-state index in [9.17, 15) is 9.59 Å². The molecule has 1 atom stereocenters. The molecule has 2 rings (SSSR count). The van der Waals surface area contributed by atoms with Crippen LogP contribution in [0, 0.1) is 0 Å². The average molecular weight is 312 g/mol. The predicted octanol–water partition coefficient (Wildman–Crippen LogP) is 2.30. The standard InChI is InChI=1S/C15H21N3O2.ClH/c1-11(16)8-9-14(19)17-12-5-2-3-6-13(12)18-10-4-7-15(18)20;/h2-3,5-6,11H,4,7-10,16H2,1H3,(H,17,19);1H. The first-order valence-corrected chi connectivity index (χ1v) is 7.03. The number of para-hydroxylation sites is 2. The summed E-state index contributed by atoms with van der Waals surface area (Å²) >= 11 is 0. The maximum Gasteiger partial charge on any atom is 0.227 e. The zero-order valence-corrected chi connectivity index (χ0v) is 13.0. The summed E-state index contributed by atoms with van der Waals surface area (Å²) < 4.78 is 0. The molecule has 0 radical (unpaired) electrons. The van der Waals surface area contributed by atoms with Crippen LogP contribution in [-0.2, 0) is 9.59 Å². The summed E-state index contributed by atoms with van der Waals surface area (Å²) in [6.07, 6.45) is 2.48. The summed E-state index contributed by atoms with van der Waals surface area (Å²) in [6, 6.07) is 7.43. The quantitative estimate of drug-likeness (QED) is 0.876. The zero-order valence-electron chi connectivity index (χ0n) is 12.2. The van der Waals surface area contributed by atoms with Gasteiger partial charge in [0.15, 0.2) is 0 Å². The Bertz CT molecular complexity index is 505. The van der Waals surface area contributed by atoms with Crippen LogP contribution in [0.15, 0.2) is 24.3 Å². The lowest BCUT2D eigenvalue weighted by Crippen LogP contribution is -2.26. The Labute approximate surface area is 131 Å². The fourth-order valence-electron chi connectivity index (χ4n) is 2.29. The van der Waals surface area contributed by atoms with Crippen LogP contribution in [0.25, 0.3) is 0 Å². The fourth-order valence-corrected chi connectivity index (χ4v) is 2.29. The van der Waals surface area contributed by atoms with E-state index in [0.29, 0.717) is 31.5 Å². The zero-order chi connectivity index (χ0) is 14.5. The van der Waals surface area contributed by atoms with E-state index in [0.717, 1.165) is 12.1 Å². The van der Waals surface area contributed by atoms with Crippen LogP contribution in [0.5, 0.6) is 0 Å². The number of amides is 2. The molecule has 0 bridgehead atoms. The Kier molecular flexibility index (Phi) is 6.65. The van der Waals surface area contributed by atoms with Gasteiger partial charge in [-0.15, -0.1) is 12.4 Å². The van der Waals surface area contributed by atoms with Crippen molar-refractivity contribution < 1.29 is 9.59 Å². The van der Waals surface area contributed by atoms with Crippen molar-refractivity contribution in [2.75, 3.05) is 16.8 Å². The van der Waals surface area contributed by atoms with Crippen molar-refractivity contribution in [3.8, 4) is 0 Å². The lowest BCUT2D eigenvalue weighted by molar-refractivity contribution is -0.117. The normalized spacial score (nSPS) is 15.5. The van der Waals surface area contributed by atoms with Crippen LogP contribution in [0.4, 0.5) is 11.4 Å². The minimum Gasteiger partial charge on any atom is -0.328 e. The lowest BCUT2D eigenvalue weighted by Gasteiger charge is -2.20. The van der Waals surface area contributed by atoms with Gasteiger partial charge in [-0.25, -0.2) is 0 Å². The van der Waals surface area contributed by atoms with Crippen LogP contribution in [0.1, 0.15) is 32.6 Å². The van der Waals surface area contributed by atoms with E-state index in [1.807, 2.05) is 31.2 Å². The van der Waals surface area contributed by atoms with Crippen LogP contribution in [0.2, 0.25) is 0 Å². The van der Waals surface area contributed by atoms with E-state index in [2.05, 4.69) is 5.32 Å². The van der Waals surface area contributed by atoms with E-state index in [1.54, 1.807) is 4.90 Å². The second kappa shape index (κ2) is 8.00. The third kappa shape index (κ3) is 4.72.